The van der Waals surface area contributed by atoms with E-state index in [1.165, 1.54) is 6.92 Å². The lowest BCUT2D eigenvalue weighted by atomic mass is 9.97. The molecule has 6 unspecified atom stereocenters. The summed E-state index contributed by atoms with van der Waals surface area (Å²) in [6.45, 7) is 12.5. The summed E-state index contributed by atoms with van der Waals surface area (Å²) in [6.07, 6.45) is -0.100. The molecule has 0 fully saturated rings. The second kappa shape index (κ2) is 14.1. The second-order valence-electron chi connectivity index (χ2n) is 9.36. The molecule has 10 heteroatoms. The maximum absolute atomic E-state index is 12.9. The quantitative estimate of drug-likeness (QED) is 0.218. The van der Waals surface area contributed by atoms with Gasteiger partial charge >= 0.3 is 5.97 Å². The summed E-state index contributed by atoms with van der Waals surface area (Å²) in [7, 11) is 0. The van der Waals surface area contributed by atoms with Gasteiger partial charge < -0.3 is 31.9 Å². The molecular formula is C22H42N4O6. The molecule has 3 amide bonds. The van der Waals surface area contributed by atoms with E-state index in [1.54, 1.807) is 0 Å². The normalized spacial score (nSPS) is 17.1. The van der Waals surface area contributed by atoms with Crippen LogP contribution < -0.4 is 21.7 Å². The van der Waals surface area contributed by atoms with Gasteiger partial charge in [0.05, 0.1) is 12.1 Å². The molecule has 0 aromatic carbocycles. The molecule has 0 saturated carbocycles. The van der Waals surface area contributed by atoms with Crippen LogP contribution in [0, 0.1) is 17.8 Å². The van der Waals surface area contributed by atoms with Gasteiger partial charge in [0.1, 0.15) is 18.1 Å². The fourth-order valence-corrected chi connectivity index (χ4v) is 3.10. The highest BCUT2D eigenvalue weighted by atomic mass is 16.4. The van der Waals surface area contributed by atoms with E-state index in [0.717, 1.165) is 0 Å². The van der Waals surface area contributed by atoms with E-state index < -0.39 is 54.0 Å². The van der Waals surface area contributed by atoms with Crippen molar-refractivity contribution in [1.29, 1.82) is 0 Å². The maximum Gasteiger partial charge on any atom is 0.326 e. The van der Waals surface area contributed by atoms with E-state index in [2.05, 4.69) is 16.0 Å². The molecule has 0 aromatic heterocycles. The summed E-state index contributed by atoms with van der Waals surface area (Å²) in [5.74, 6) is -3.16. The standard InChI is InChI=1S/C22H42N4O6/c1-8-13(6)17(23)20(29)24-15(9-11(2)3)19(28)26-18(14(7)27)21(30)25-16(22(31)32)10-12(4)5/h11-18,27H,8-10,23H2,1-7H3,(H,24,29)(H,25,30)(H,26,28)(H,31,32). The molecule has 10 nitrogen and oxygen atoms in total. The van der Waals surface area contributed by atoms with E-state index in [-0.39, 0.29) is 24.2 Å². The third kappa shape index (κ3) is 10.4. The number of amides is 3. The Bertz CT molecular complexity index is 638. The molecule has 0 aliphatic carbocycles. The number of nitrogens with one attached hydrogen (secondary N) is 3. The Balaban J connectivity index is 5.46. The molecular weight excluding hydrogens is 416 g/mol. The van der Waals surface area contributed by atoms with Crippen molar-refractivity contribution in [2.75, 3.05) is 0 Å². The molecule has 0 bridgehead atoms. The van der Waals surface area contributed by atoms with Crippen LogP contribution in [0.2, 0.25) is 0 Å². The molecule has 0 saturated heterocycles. The van der Waals surface area contributed by atoms with E-state index in [1.807, 2.05) is 41.5 Å². The molecule has 0 radical (unpaired) electrons. The second-order valence-corrected chi connectivity index (χ2v) is 9.36. The van der Waals surface area contributed by atoms with E-state index in [9.17, 15) is 29.4 Å². The number of hydrogen-bond donors (Lipinski definition) is 6. The predicted molar refractivity (Wildman–Crippen MR) is 121 cm³/mol. The Morgan fingerprint density at radius 2 is 1.25 bits per heavy atom. The van der Waals surface area contributed by atoms with Crippen LogP contribution in [-0.2, 0) is 19.2 Å². The van der Waals surface area contributed by atoms with Crippen LogP contribution >= 0.6 is 0 Å². The van der Waals surface area contributed by atoms with Gasteiger partial charge in [-0.3, -0.25) is 14.4 Å². The van der Waals surface area contributed by atoms with Crippen molar-refractivity contribution in [1.82, 2.24) is 16.0 Å². The average molecular weight is 459 g/mol. The van der Waals surface area contributed by atoms with Crippen LogP contribution in [0.15, 0.2) is 0 Å². The number of hydrogen-bond acceptors (Lipinski definition) is 6. The summed E-state index contributed by atoms with van der Waals surface area (Å²) < 4.78 is 0. The van der Waals surface area contributed by atoms with Gasteiger partial charge in [-0.05, 0) is 37.5 Å². The number of carboxylic acids is 1. The zero-order valence-corrected chi connectivity index (χ0v) is 20.3. The summed E-state index contributed by atoms with van der Waals surface area (Å²) in [5.41, 5.74) is 5.97. The van der Waals surface area contributed by atoms with Crippen molar-refractivity contribution in [2.45, 2.75) is 98.0 Å². The van der Waals surface area contributed by atoms with Gasteiger partial charge in [-0.1, -0.05) is 48.0 Å². The van der Waals surface area contributed by atoms with Crippen LogP contribution in [0.5, 0.6) is 0 Å². The lowest BCUT2D eigenvalue weighted by molar-refractivity contribution is -0.143. The highest BCUT2D eigenvalue weighted by Crippen LogP contribution is 2.10. The van der Waals surface area contributed by atoms with Crippen molar-refractivity contribution in [3.05, 3.63) is 0 Å². The first kappa shape index (κ1) is 29.8. The molecule has 0 aliphatic heterocycles. The minimum atomic E-state index is -1.38. The molecule has 0 aliphatic rings. The number of carboxylic acid groups (broad SMARTS) is 1. The average Bonchev–Trinajstić information content (AvgIpc) is 2.68. The summed E-state index contributed by atoms with van der Waals surface area (Å²) in [6, 6.07) is -4.28. The zero-order chi connectivity index (χ0) is 25.2. The monoisotopic (exact) mass is 458 g/mol. The van der Waals surface area contributed by atoms with E-state index in [4.69, 9.17) is 5.73 Å². The molecule has 0 aromatic rings. The van der Waals surface area contributed by atoms with E-state index in [0.29, 0.717) is 12.8 Å². The third-order valence-electron chi connectivity index (χ3n) is 5.28. The Morgan fingerprint density at radius 3 is 1.66 bits per heavy atom. The van der Waals surface area contributed by atoms with Crippen LogP contribution in [0.1, 0.15) is 67.7 Å². The number of aliphatic carboxylic acids is 1. The van der Waals surface area contributed by atoms with Gasteiger partial charge in [0, 0.05) is 0 Å². The number of aliphatic hydroxyl groups excluding tert-OH is 1. The minimum absolute atomic E-state index is 0.0105. The SMILES string of the molecule is CCC(C)C(N)C(=O)NC(CC(C)C)C(=O)NC(C(=O)NC(CC(C)C)C(=O)O)C(C)O. The summed E-state index contributed by atoms with van der Waals surface area (Å²) >= 11 is 0. The van der Waals surface area contributed by atoms with Gasteiger partial charge in [-0.15, -0.1) is 0 Å². The highest BCUT2D eigenvalue weighted by molar-refractivity contribution is 5.94. The lowest BCUT2D eigenvalue weighted by Crippen LogP contribution is -2.60. The smallest absolute Gasteiger partial charge is 0.326 e. The largest absolute Gasteiger partial charge is 0.480 e. The lowest BCUT2D eigenvalue weighted by Gasteiger charge is -2.28. The van der Waals surface area contributed by atoms with E-state index >= 15 is 0 Å². The van der Waals surface area contributed by atoms with Crippen LogP contribution in [0.25, 0.3) is 0 Å². The predicted octanol–water partition coefficient (Wildman–Crippen LogP) is 0.372. The maximum atomic E-state index is 12.9. The topological polar surface area (TPSA) is 171 Å². The molecule has 0 rings (SSSR count). The molecule has 0 spiro atoms. The highest BCUT2D eigenvalue weighted by Gasteiger charge is 2.33. The molecule has 186 valence electrons. The molecule has 0 heterocycles. The first-order chi connectivity index (χ1) is 14.7. The number of aliphatic hydroxyl groups is 1. The van der Waals surface area contributed by atoms with Crippen molar-refractivity contribution < 1.29 is 29.4 Å². The number of nitrogens with two attached hydrogens (primary N) is 1. The molecule has 6 atom stereocenters. The Labute approximate surface area is 191 Å². The van der Waals surface area contributed by atoms with Gasteiger partial charge in [0.25, 0.3) is 0 Å². The first-order valence-electron chi connectivity index (χ1n) is 11.3. The van der Waals surface area contributed by atoms with Gasteiger partial charge in [-0.2, -0.15) is 0 Å². The Morgan fingerprint density at radius 1 is 0.781 bits per heavy atom. The van der Waals surface area contributed by atoms with Gasteiger partial charge in [0.2, 0.25) is 17.7 Å². The fraction of sp³-hybridized carbons (Fsp3) is 0.818. The Hall–Kier alpha value is -2.20. The first-order valence-corrected chi connectivity index (χ1v) is 11.3. The summed E-state index contributed by atoms with van der Waals surface area (Å²) in [4.78, 5) is 49.5. The number of carbonyl (C=O) groups excluding carboxylic acids is 3. The van der Waals surface area contributed by atoms with Crippen molar-refractivity contribution in [3.63, 3.8) is 0 Å². The molecule has 7 N–H and O–H groups in total. The molecule has 32 heavy (non-hydrogen) atoms. The van der Waals surface area contributed by atoms with Crippen molar-refractivity contribution in [2.24, 2.45) is 23.5 Å². The number of carbonyl (C=O) groups is 4. The Kier molecular flexibility index (Phi) is 13.1. The van der Waals surface area contributed by atoms with Gasteiger partial charge in [0.15, 0.2) is 0 Å². The van der Waals surface area contributed by atoms with Crippen molar-refractivity contribution in [3.8, 4) is 0 Å². The minimum Gasteiger partial charge on any atom is -0.480 e. The summed E-state index contributed by atoms with van der Waals surface area (Å²) in [5, 5.41) is 26.9. The van der Waals surface area contributed by atoms with Crippen LogP contribution in [-0.4, -0.2) is 64.2 Å². The zero-order valence-electron chi connectivity index (χ0n) is 20.3. The van der Waals surface area contributed by atoms with Gasteiger partial charge in [-0.25, -0.2) is 4.79 Å². The fourth-order valence-electron chi connectivity index (χ4n) is 3.10. The third-order valence-corrected chi connectivity index (χ3v) is 5.28. The van der Waals surface area contributed by atoms with Crippen molar-refractivity contribution >= 4 is 23.7 Å². The number of rotatable bonds is 14. The van der Waals surface area contributed by atoms with Crippen LogP contribution in [0.3, 0.4) is 0 Å². The van der Waals surface area contributed by atoms with Crippen LogP contribution in [0.4, 0.5) is 0 Å².